The van der Waals surface area contributed by atoms with E-state index in [1.165, 1.54) is 6.07 Å². The summed E-state index contributed by atoms with van der Waals surface area (Å²) in [6.07, 6.45) is 0. The van der Waals surface area contributed by atoms with E-state index in [1.807, 2.05) is 0 Å². The van der Waals surface area contributed by atoms with Crippen molar-refractivity contribution >= 4 is 27.5 Å². The van der Waals surface area contributed by atoms with Crippen LogP contribution >= 0.6 is 27.5 Å². The van der Waals surface area contributed by atoms with E-state index < -0.39 is 17.7 Å². The van der Waals surface area contributed by atoms with Gasteiger partial charge in [-0.2, -0.15) is 0 Å². The van der Waals surface area contributed by atoms with Crippen molar-refractivity contribution in [2.45, 2.75) is 6.04 Å². The number of hydrogen-bond donors (Lipinski definition) is 1. The van der Waals surface area contributed by atoms with Crippen LogP contribution in [0.5, 0.6) is 0 Å². The summed E-state index contributed by atoms with van der Waals surface area (Å²) in [4.78, 5) is 0. The van der Waals surface area contributed by atoms with Gasteiger partial charge in [-0.25, -0.2) is 8.78 Å². The number of benzene rings is 2. The predicted molar refractivity (Wildman–Crippen MR) is 76.4 cm³/mol. The molecular formula is C14H11BrClF2N. The van der Waals surface area contributed by atoms with Crippen LogP contribution in [0.4, 0.5) is 8.78 Å². The molecule has 2 rings (SSSR count). The monoisotopic (exact) mass is 345 g/mol. The molecule has 5 heteroatoms. The molecule has 19 heavy (non-hydrogen) atoms. The van der Waals surface area contributed by atoms with E-state index in [9.17, 15) is 8.78 Å². The van der Waals surface area contributed by atoms with Gasteiger partial charge in [0.25, 0.3) is 0 Å². The molecule has 0 spiro atoms. The Labute approximate surface area is 123 Å². The fourth-order valence-corrected chi connectivity index (χ4v) is 2.56. The Kier molecular flexibility index (Phi) is 4.55. The van der Waals surface area contributed by atoms with Gasteiger partial charge in [0.05, 0.1) is 6.04 Å². The summed E-state index contributed by atoms with van der Waals surface area (Å²) < 4.78 is 28.0. The van der Waals surface area contributed by atoms with Crippen molar-refractivity contribution in [3.05, 3.63) is 68.7 Å². The lowest BCUT2D eigenvalue weighted by Crippen LogP contribution is -2.19. The summed E-state index contributed by atoms with van der Waals surface area (Å²) in [7, 11) is 1.67. The minimum atomic E-state index is -0.513. The van der Waals surface area contributed by atoms with Crippen molar-refractivity contribution in [2.24, 2.45) is 0 Å². The highest BCUT2D eigenvalue weighted by Crippen LogP contribution is 2.32. The van der Waals surface area contributed by atoms with Gasteiger partial charge in [0, 0.05) is 15.1 Å². The largest absolute Gasteiger partial charge is 0.309 e. The van der Waals surface area contributed by atoms with Crippen molar-refractivity contribution in [3.8, 4) is 0 Å². The maximum Gasteiger partial charge on any atom is 0.128 e. The highest BCUT2D eigenvalue weighted by atomic mass is 79.9. The minimum absolute atomic E-state index is 0.225. The zero-order valence-corrected chi connectivity index (χ0v) is 12.4. The van der Waals surface area contributed by atoms with Crippen LogP contribution < -0.4 is 5.32 Å². The zero-order valence-electron chi connectivity index (χ0n) is 10.1. The summed E-state index contributed by atoms with van der Waals surface area (Å²) in [6, 6.07) is 8.15. The Hall–Kier alpha value is -0.970. The van der Waals surface area contributed by atoms with Gasteiger partial charge < -0.3 is 5.32 Å². The van der Waals surface area contributed by atoms with Crippen LogP contribution in [0, 0.1) is 11.6 Å². The normalized spacial score (nSPS) is 12.5. The van der Waals surface area contributed by atoms with Crippen LogP contribution in [0.25, 0.3) is 0 Å². The van der Waals surface area contributed by atoms with Crippen LogP contribution in [0.1, 0.15) is 17.2 Å². The third kappa shape index (κ3) is 3.14. The van der Waals surface area contributed by atoms with Gasteiger partial charge in [-0.1, -0.05) is 27.5 Å². The van der Waals surface area contributed by atoms with Crippen LogP contribution in [0.2, 0.25) is 5.02 Å². The summed E-state index contributed by atoms with van der Waals surface area (Å²) in [5.74, 6) is -0.959. The SMILES string of the molecule is CNC(c1cc(F)ccc1F)c1cc(Br)ccc1Cl. The fraction of sp³-hybridized carbons (Fsp3) is 0.143. The molecule has 0 aromatic heterocycles. The van der Waals surface area contributed by atoms with E-state index in [4.69, 9.17) is 11.6 Å². The summed E-state index contributed by atoms with van der Waals surface area (Å²) >= 11 is 9.48. The van der Waals surface area contributed by atoms with Gasteiger partial charge in [0.1, 0.15) is 11.6 Å². The van der Waals surface area contributed by atoms with Crippen molar-refractivity contribution in [2.75, 3.05) is 7.05 Å². The molecule has 0 aliphatic carbocycles. The predicted octanol–water partition coefficient (Wildman–Crippen LogP) is 4.69. The topological polar surface area (TPSA) is 12.0 Å². The summed E-state index contributed by atoms with van der Waals surface area (Å²) in [5, 5.41) is 3.45. The van der Waals surface area contributed by atoms with Gasteiger partial charge in [-0.3, -0.25) is 0 Å². The Bertz CT molecular complexity index is 552. The van der Waals surface area contributed by atoms with Crippen LogP contribution in [0.15, 0.2) is 40.9 Å². The molecule has 1 nitrogen and oxygen atoms in total. The number of nitrogens with one attached hydrogen (secondary N) is 1. The Balaban J connectivity index is 2.55. The standard InChI is InChI=1S/C14H11BrClF2N/c1-19-14(10-6-8(15)2-4-12(10)16)11-7-9(17)3-5-13(11)18/h2-7,14,19H,1H3. The molecule has 0 aliphatic heterocycles. The molecule has 0 saturated carbocycles. The molecule has 0 amide bonds. The molecule has 2 aromatic rings. The summed E-state index contributed by atoms with van der Waals surface area (Å²) in [6.45, 7) is 0. The van der Waals surface area contributed by atoms with Crippen LogP contribution in [-0.2, 0) is 0 Å². The second-order valence-electron chi connectivity index (χ2n) is 4.05. The maximum absolute atomic E-state index is 13.9. The first-order chi connectivity index (χ1) is 9.02. The van der Waals surface area contributed by atoms with E-state index in [0.29, 0.717) is 10.6 Å². The first kappa shape index (κ1) is 14.4. The second kappa shape index (κ2) is 5.99. The van der Waals surface area contributed by atoms with Crippen molar-refractivity contribution in [3.63, 3.8) is 0 Å². The molecule has 0 heterocycles. The maximum atomic E-state index is 13.9. The number of rotatable bonds is 3. The zero-order chi connectivity index (χ0) is 14.0. The fourth-order valence-electron chi connectivity index (χ4n) is 1.95. The lowest BCUT2D eigenvalue weighted by atomic mass is 9.98. The van der Waals surface area contributed by atoms with Crippen molar-refractivity contribution in [1.82, 2.24) is 5.32 Å². The average molecular weight is 347 g/mol. The van der Waals surface area contributed by atoms with E-state index in [-0.39, 0.29) is 5.56 Å². The third-order valence-electron chi connectivity index (χ3n) is 2.83. The van der Waals surface area contributed by atoms with Crippen LogP contribution in [-0.4, -0.2) is 7.05 Å². The second-order valence-corrected chi connectivity index (χ2v) is 5.38. The molecule has 100 valence electrons. The molecule has 2 aromatic carbocycles. The Morgan fingerprint density at radius 1 is 1.11 bits per heavy atom. The highest BCUT2D eigenvalue weighted by Gasteiger charge is 2.19. The smallest absolute Gasteiger partial charge is 0.128 e. The number of hydrogen-bond acceptors (Lipinski definition) is 1. The molecule has 1 unspecified atom stereocenters. The molecule has 1 N–H and O–H groups in total. The van der Waals surface area contributed by atoms with Gasteiger partial charge in [0.15, 0.2) is 0 Å². The molecule has 0 radical (unpaired) electrons. The highest BCUT2D eigenvalue weighted by molar-refractivity contribution is 9.10. The Morgan fingerprint density at radius 2 is 1.84 bits per heavy atom. The third-order valence-corrected chi connectivity index (χ3v) is 3.66. The quantitative estimate of drug-likeness (QED) is 0.850. The summed E-state index contributed by atoms with van der Waals surface area (Å²) in [5.41, 5.74) is 0.908. The molecule has 0 saturated heterocycles. The van der Waals surface area contributed by atoms with Gasteiger partial charge >= 0.3 is 0 Å². The lowest BCUT2D eigenvalue weighted by Gasteiger charge is -2.19. The van der Waals surface area contributed by atoms with E-state index >= 15 is 0 Å². The Morgan fingerprint density at radius 3 is 2.53 bits per heavy atom. The molecule has 0 bridgehead atoms. The molecular weight excluding hydrogens is 336 g/mol. The van der Waals surface area contributed by atoms with E-state index in [0.717, 1.165) is 16.6 Å². The molecule has 0 aliphatic rings. The molecule has 0 fully saturated rings. The van der Waals surface area contributed by atoms with Crippen molar-refractivity contribution < 1.29 is 8.78 Å². The average Bonchev–Trinajstić information content (AvgIpc) is 2.38. The van der Waals surface area contributed by atoms with Crippen molar-refractivity contribution in [1.29, 1.82) is 0 Å². The first-order valence-electron chi connectivity index (χ1n) is 5.60. The number of halogens is 4. The van der Waals surface area contributed by atoms with Gasteiger partial charge in [-0.15, -0.1) is 0 Å². The molecule has 1 atom stereocenters. The lowest BCUT2D eigenvalue weighted by molar-refractivity contribution is 0.558. The van der Waals surface area contributed by atoms with Gasteiger partial charge in [0.2, 0.25) is 0 Å². The van der Waals surface area contributed by atoms with E-state index in [2.05, 4.69) is 21.2 Å². The van der Waals surface area contributed by atoms with Gasteiger partial charge in [-0.05, 0) is 49.0 Å². The first-order valence-corrected chi connectivity index (χ1v) is 6.77. The van der Waals surface area contributed by atoms with Crippen LogP contribution in [0.3, 0.4) is 0 Å². The minimum Gasteiger partial charge on any atom is -0.309 e. The van der Waals surface area contributed by atoms with E-state index in [1.54, 1.807) is 25.2 Å².